The van der Waals surface area contributed by atoms with E-state index < -0.39 is 5.91 Å². The van der Waals surface area contributed by atoms with Gasteiger partial charge in [0.1, 0.15) is 11.6 Å². The van der Waals surface area contributed by atoms with Gasteiger partial charge in [0.15, 0.2) is 0 Å². The normalized spacial score (nSPS) is 16.8. The largest absolute Gasteiger partial charge is 0.363 e. The first-order valence-electron chi connectivity index (χ1n) is 9.31. The number of carbonyl (C=O) groups is 1. The van der Waals surface area contributed by atoms with Gasteiger partial charge in [0.25, 0.3) is 5.91 Å². The van der Waals surface area contributed by atoms with Crippen LogP contribution in [0.4, 0.5) is 10.2 Å². The van der Waals surface area contributed by atoms with Crippen LogP contribution in [0, 0.1) is 19.7 Å². The predicted octanol–water partition coefficient (Wildman–Crippen LogP) is 2.18. The van der Waals surface area contributed by atoms with Gasteiger partial charge >= 0.3 is 0 Å². The fourth-order valence-corrected chi connectivity index (χ4v) is 3.66. The molecule has 1 aliphatic heterocycles. The lowest BCUT2D eigenvalue weighted by Crippen LogP contribution is -2.33. The number of nitrogens with two attached hydrogens (primary N) is 1. The molecule has 1 aromatic carbocycles. The number of anilines is 1. The van der Waals surface area contributed by atoms with Gasteiger partial charge < -0.3 is 20.9 Å². The van der Waals surface area contributed by atoms with E-state index in [1.807, 2.05) is 19.9 Å². The van der Waals surface area contributed by atoms with Crippen LogP contribution in [0.15, 0.2) is 24.3 Å². The number of halogens is 1. The summed E-state index contributed by atoms with van der Waals surface area (Å²) in [5.74, 6) is -0.0360. The Morgan fingerprint density at radius 1 is 1.36 bits per heavy atom. The highest BCUT2D eigenvalue weighted by molar-refractivity contribution is 5.89. The van der Waals surface area contributed by atoms with Gasteiger partial charge in [-0.2, -0.15) is 0 Å². The van der Waals surface area contributed by atoms with Crippen LogP contribution in [0.1, 0.15) is 34.0 Å². The molecule has 0 saturated carbocycles. The number of fused-ring (bicyclic) bond motifs is 1. The van der Waals surface area contributed by atoms with Gasteiger partial charge in [0, 0.05) is 48.1 Å². The third-order valence-corrected chi connectivity index (χ3v) is 5.29. The first-order valence-corrected chi connectivity index (χ1v) is 9.31. The molecule has 1 aliphatic rings. The number of aromatic amines is 1. The number of nitrogens with zero attached hydrogens (tertiary/aromatic N) is 3. The van der Waals surface area contributed by atoms with Crippen molar-refractivity contribution in [2.75, 3.05) is 18.0 Å². The number of amides is 1. The van der Waals surface area contributed by atoms with E-state index >= 15 is 0 Å². The molecule has 0 bridgehead atoms. The van der Waals surface area contributed by atoms with E-state index in [2.05, 4.69) is 25.2 Å². The quantitative estimate of drug-likeness (QED) is 0.628. The summed E-state index contributed by atoms with van der Waals surface area (Å²) >= 11 is 0. The molecule has 7 nitrogen and oxygen atoms in total. The number of aromatic nitrogens is 3. The second kappa shape index (κ2) is 7.20. The Bertz CT molecular complexity index is 1050. The molecule has 4 rings (SSSR count). The molecule has 4 N–H and O–H groups in total. The standard InChI is InChI=1S/C20H23FN6O/c1-11-12(2)24-19(18(22)28)26-20(11)27-6-5-15(10-27)23-9-16-7-13-3-4-14(21)8-17(13)25-16/h3-4,7-8,15,23,25H,5-6,9-10H2,1-2H3,(H2,22,28)/t15-/m1/s1. The zero-order valence-electron chi connectivity index (χ0n) is 15.9. The van der Waals surface area contributed by atoms with Crippen LogP contribution in [0.5, 0.6) is 0 Å². The van der Waals surface area contributed by atoms with Gasteiger partial charge in [-0.1, -0.05) is 0 Å². The Labute approximate surface area is 162 Å². The maximum absolute atomic E-state index is 13.3. The summed E-state index contributed by atoms with van der Waals surface area (Å²) in [7, 11) is 0. The molecular formula is C20H23FN6O. The Hall–Kier alpha value is -3.00. The number of aryl methyl sites for hydroxylation is 1. The van der Waals surface area contributed by atoms with Gasteiger partial charge in [-0.15, -0.1) is 0 Å². The fourth-order valence-electron chi connectivity index (χ4n) is 3.66. The lowest BCUT2D eigenvalue weighted by molar-refractivity contribution is 0.0990. The predicted molar refractivity (Wildman–Crippen MR) is 106 cm³/mol. The van der Waals surface area contributed by atoms with Crippen molar-refractivity contribution in [2.45, 2.75) is 32.9 Å². The number of hydrogen-bond acceptors (Lipinski definition) is 5. The number of rotatable bonds is 5. The maximum atomic E-state index is 13.3. The summed E-state index contributed by atoms with van der Waals surface area (Å²) in [6.07, 6.45) is 0.962. The summed E-state index contributed by atoms with van der Waals surface area (Å²) in [6.45, 7) is 6.11. The molecule has 3 aromatic rings. The maximum Gasteiger partial charge on any atom is 0.286 e. The molecule has 1 amide bonds. The first kappa shape index (κ1) is 18.4. The van der Waals surface area contributed by atoms with Crippen LogP contribution < -0.4 is 16.0 Å². The molecule has 146 valence electrons. The molecule has 0 radical (unpaired) electrons. The molecule has 0 unspecified atom stereocenters. The van der Waals surface area contributed by atoms with E-state index in [1.165, 1.54) is 12.1 Å². The zero-order valence-corrected chi connectivity index (χ0v) is 15.9. The second-order valence-corrected chi connectivity index (χ2v) is 7.28. The van der Waals surface area contributed by atoms with Crippen LogP contribution in [0.3, 0.4) is 0 Å². The van der Waals surface area contributed by atoms with Crippen molar-refractivity contribution in [2.24, 2.45) is 5.73 Å². The van der Waals surface area contributed by atoms with E-state index in [1.54, 1.807) is 6.07 Å². The van der Waals surface area contributed by atoms with Crippen molar-refractivity contribution in [3.05, 3.63) is 52.9 Å². The lowest BCUT2D eigenvalue weighted by Gasteiger charge is -2.21. The van der Waals surface area contributed by atoms with Crippen molar-refractivity contribution < 1.29 is 9.18 Å². The van der Waals surface area contributed by atoms with Crippen LogP contribution in [0.25, 0.3) is 10.9 Å². The summed E-state index contributed by atoms with van der Waals surface area (Å²) in [5.41, 5.74) is 8.90. The van der Waals surface area contributed by atoms with Crippen molar-refractivity contribution in [1.82, 2.24) is 20.3 Å². The van der Waals surface area contributed by atoms with E-state index in [4.69, 9.17) is 5.73 Å². The molecule has 1 fully saturated rings. The minimum atomic E-state index is -0.617. The smallest absolute Gasteiger partial charge is 0.286 e. The van der Waals surface area contributed by atoms with Gasteiger partial charge in [0.05, 0.1) is 0 Å². The number of carbonyl (C=O) groups excluding carboxylic acids is 1. The lowest BCUT2D eigenvalue weighted by atomic mass is 10.2. The highest BCUT2D eigenvalue weighted by Crippen LogP contribution is 2.24. The molecule has 2 aromatic heterocycles. The third-order valence-electron chi connectivity index (χ3n) is 5.29. The van der Waals surface area contributed by atoms with Crippen LogP contribution in [-0.4, -0.2) is 40.0 Å². The Morgan fingerprint density at radius 2 is 2.18 bits per heavy atom. The van der Waals surface area contributed by atoms with E-state index in [9.17, 15) is 9.18 Å². The third kappa shape index (κ3) is 3.55. The molecule has 3 heterocycles. The topological polar surface area (TPSA) is 99.9 Å². The van der Waals surface area contributed by atoms with Crippen LogP contribution >= 0.6 is 0 Å². The minimum Gasteiger partial charge on any atom is -0.363 e. The number of H-pyrrole nitrogens is 1. The SMILES string of the molecule is Cc1nc(C(N)=O)nc(N2CC[C@@H](NCc3cc4ccc(F)cc4[nH]3)C2)c1C. The average molecular weight is 382 g/mol. The molecule has 1 atom stereocenters. The molecule has 0 spiro atoms. The second-order valence-electron chi connectivity index (χ2n) is 7.28. The van der Waals surface area contributed by atoms with Crippen molar-refractivity contribution in [3.8, 4) is 0 Å². The average Bonchev–Trinajstić information content (AvgIpc) is 3.28. The monoisotopic (exact) mass is 382 g/mol. The van der Waals surface area contributed by atoms with Crippen LogP contribution in [-0.2, 0) is 6.54 Å². The minimum absolute atomic E-state index is 0.0554. The summed E-state index contributed by atoms with van der Waals surface area (Å²) in [5, 5.41) is 4.54. The van der Waals surface area contributed by atoms with Crippen molar-refractivity contribution in [1.29, 1.82) is 0 Å². The highest BCUT2D eigenvalue weighted by Gasteiger charge is 2.26. The van der Waals surface area contributed by atoms with Gasteiger partial charge in [-0.25, -0.2) is 14.4 Å². The zero-order chi connectivity index (χ0) is 19.8. The van der Waals surface area contributed by atoms with E-state index in [0.29, 0.717) is 6.54 Å². The molecule has 8 heteroatoms. The fraction of sp³-hybridized carbons (Fsp3) is 0.350. The Morgan fingerprint density at radius 3 is 2.96 bits per heavy atom. The molecule has 1 saturated heterocycles. The molecular weight excluding hydrogens is 359 g/mol. The van der Waals surface area contributed by atoms with Crippen molar-refractivity contribution >= 4 is 22.6 Å². The van der Waals surface area contributed by atoms with Gasteiger partial charge in [-0.05, 0) is 49.9 Å². The summed E-state index contributed by atoms with van der Waals surface area (Å²) in [6, 6.07) is 7.07. The van der Waals surface area contributed by atoms with Crippen LogP contribution in [0.2, 0.25) is 0 Å². The Kier molecular flexibility index (Phi) is 4.72. The number of nitrogens with one attached hydrogen (secondary N) is 2. The number of primary amides is 1. The summed E-state index contributed by atoms with van der Waals surface area (Å²) < 4.78 is 13.3. The summed E-state index contributed by atoms with van der Waals surface area (Å²) in [4.78, 5) is 25.4. The highest BCUT2D eigenvalue weighted by atomic mass is 19.1. The van der Waals surface area contributed by atoms with E-state index in [0.717, 1.165) is 53.2 Å². The van der Waals surface area contributed by atoms with Gasteiger partial charge in [-0.3, -0.25) is 4.79 Å². The van der Waals surface area contributed by atoms with E-state index in [-0.39, 0.29) is 17.7 Å². The molecule has 28 heavy (non-hydrogen) atoms. The first-order chi connectivity index (χ1) is 13.4. The van der Waals surface area contributed by atoms with Gasteiger partial charge in [0.2, 0.25) is 5.82 Å². The number of benzene rings is 1. The van der Waals surface area contributed by atoms with Crippen molar-refractivity contribution in [3.63, 3.8) is 0 Å². The molecule has 0 aliphatic carbocycles. The number of hydrogen-bond donors (Lipinski definition) is 3. The Balaban J connectivity index is 1.43.